The fourth-order valence-corrected chi connectivity index (χ4v) is 2.58. The highest BCUT2D eigenvalue weighted by atomic mass is 15.3. The first-order valence-corrected chi connectivity index (χ1v) is 6.93. The molecule has 0 amide bonds. The van der Waals surface area contributed by atoms with Gasteiger partial charge in [-0.1, -0.05) is 12.1 Å². The molecule has 0 aliphatic carbocycles. The number of aryl methyl sites for hydroxylation is 1. The van der Waals surface area contributed by atoms with Crippen LogP contribution in [0.5, 0.6) is 0 Å². The van der Waals surface area contributed by atoms with Gasteiger partial charge in [-0.25, -0.2) is 9.50 Å². The van der Waals surface area contributed by atoms with Gasteiger partial charge in [0.25, 0.3) is 0 Å². The first-order chi connectivity index (χ1) is 10.3. The van der Waals surface area contributed by atoms with Gasteiger partial charge in [0.1, 0.15) is 0 Å². The Morgan fingerprint density at radius 1 is 1.05 bits per heavy atom. The summed E-state index contributed by atoms with van der Waals surface area (Å²) in [6, 6.07) is 14.4. The molecular weight excluding hydrogens is 260 g/mol. The van der Waals surface area contributed by atoms with Gasteiger partial charge in [0.15, 0.2) is 5.65 Å². The smallest absolute Gasteiger partial charge is 0.153 e. The van der Waals surface area contributed by atoms with E-state index in [2.05, 4.69) is 39.3 Å². The average molecular weight is 274 g/mol. The van der Waals surface area contributed by atoms with Crippen molar-refractivity contribution in [1.82, 2.24) is 19.6 Å². The summed E-state index contributed by atoms with van der Waals surface area (Å²) in [7, 11) is 0. The molecule has 0 saturated carbocycles. The average Bonchev–Trinajstić information content (AvgIpc) is 2.89. The fraction of sp³-hybridized carbons (Fsp3) is 0.118. The van der Waals surface area contributed by atoms with Crippen LogP contribution in [0.1, 0.15) is 17.0 Å². The van der Waals surface area contributed by atoms with Gasteiger partial charge in [-0.3, -0.25) is 4.98 Å². The summed E-state index contributed by atoms with van der Waals surface area (Å²) in [6.07, 6.45) is 4.52. The summed E-state index contributed by atoms with van der Waals surface area (Å²) >= 11 is 0. The second-order valence-electron chi connectivity index (χ2n) is 5.20. The van der Waals surface area contributed by atoms with E-state index < -0.39 is 0 Å². The summed E-state index contributed by atoms with van der Waals surface area (Å²) in [5.41, 5.74) is 5.23. The van der Waals surface area contributed by atoms with E-state index in [1.165, 1.54) is 5.56 Å². The first-order valence-electron chi connectivity index (χ1n) is 6.93. The number of fused-ring (bicyclic) bond motifs is 2. The molecule has 0 fully saturated rings. The normalized spacial score (nSPS) is 11.3. The third kappa shape index (κ3) is 2.14. The van der Waals surface area contributed by atoms with Crippen LogP contribution in [0, 0.1) is 6.92 Å². The van der Waals surface area contributed by atoms with Gasteiger partial charge in [-0.2, -0.15) is 5.10 Å². The lowest BCUT2D eigenvalue weighted by Crippen LogP contribution is -2.00. The molecule has 3 aromatic heterocycles. The van der Waals surface area contributed by atoms with E-state index in [1.807, 2.05) is 42.0 Å². The van der Waals surface area contributed by atoms with Crippen molar-refractivity contribution in [2.45, 2.75) is 13.3 Å². The van der Waals surface area contributed by atoms with E-state index in [0.29, 0.717) is 0 Å². The molecule has 4 aromatic rings. The number of imidazole rings is 1. The molecule has 4 rings (SSSR count). The SMILES string of the molecule is Cc1ccc2ncc(Cc3ccc4ncccc4c3)n2n1. The quantitative estimate of drug-likeness (QED) is 0.564. The van der Waals surface area contributed by atoms with E-state index in [0.717, 1.165) is 34.4 Å². The van der Waals surface area contributed by atoms with Crippen LogP contribution in [0.15, 0.2) is 54.9 Å². The van der Waals surface area contributed by atoms with E-state index in [-0.39, 0.29) is 0 Å². The van der Waals surface area contributed by atoms with Crippen molar-refractivity contribution in [2.75, 3.05) is 0 Å². The van der Waals surface area contributed by atoms with Crippen molar-refractivity contribution in [3.8, 4) is 0 Å². The van der Waals surface area contributed by atoms with Crippen molar-refractivity contribution < 1.29 is 0 Å². The summed E-state index contributed by atoms with van der Waals surface area (Å²) in [5, 5.41) is 5.70. The highest BCUT2D eigenvalue weighted by molar-refractivity contribution is 5.79. The Balaban J connectivity index is 1.77. The van der Waals surface area contributed by atoms with Gasteiger partial charge >= 0.3 is 0 Å². The molecule has 0 spiro atoms. The van der Waals surface area contributed by atoms with Crippen LogP contribution in [0.25, 0.3) is 16.6 Å². The van der Waals surface area contributed by atoms with Crippen LogP contribution in [-0.2, 0) is 6.42 Å². The third-order valence-corrected chi connectivity index (χ3v) is 3.62. The predicted octanol–water partition coefficient (Wildman–Crippen LogP) is 3.18. The molecule has 102 valence electrons. The Labute approximate surface area is 122 Å². The zero-order valence-electron chi connectivity index (χ0n) is 11.7. The van der Waals surface area contributed by atoms with Gasteiger partial charge < -0.3 is 0 Å². The molecule has 4 nitrogen and oxygen atoms in total. The van der Waals surface area contributed by atoms with Crippen LogP contribution in [-0.4, -0.2) is 19.6 Å². The highest BCUT2D eigenvalue weighted by Crippen LogP contribution is 2.17. The van der Waals surface area contributed by atoms with Crippen molar-refractivity contribution in [3.63, 3.8) is 0 Å². The Morgan fingerprint density at radius 3 is 2.95 bits per heavy atom. The minimum absolute atomic E-state index is 0.808. The number of hydrogen-bond acceptors (Lipinski definition) is 3. The lowest BCUT2D eigenvalue weighted by Gasteiger charge is -2.04. The molecule has 0 radical (unpaired) electrons. The molecule has 4 heteroatoms. The van der Waals surface area contributed by atoms with Crippen molar-refractivity contribution in [2.24, 2.45) is 0 Å². The van der Waals surface area contributed by atoms with Crippen LogP contribution in [0.2, 0.25) is 0 Å². The summed E-state index contributed by atoms with van der Waals surface area (Å²) in [5.74, 6) is 0. The first kappa shape index (κ1) is 12.0. The largest absolute Gasteiger partial charge is 0.256 e. The maximum Gasteiger partial charge on any atom is 0.153 e. The number of pyridine rings is 1. The Bertz CT molecular complexity index is 940. The van der Waals surface area contributed by atoms with E-state index >= 15 is 0 Å². The van der Waals surface area contributed by atoms with Crippen LogP contribution >= 0.6 is 0 Å². The molecule has 0 saturated heterocycles. The van der Waals surface area contributed by atoms with E-state index in [4.69, 9.17) is 0 Å². The second-order valence-corrected chi connectivity index (χ2v) is 5.20. The Kier molecular flexibility index (Phi) is 2.67. The highest BCUT2D eigenvalue weighted by Gasteiger charge is 2.06. The Hall–Kier alpha value is -2.75. The van der Waals surface area contributed by atoms with E-state index in [9.17, 15) is 0 Å². The van der Waals surface area contributed by atoms with Crippen molar-refractivity contribution in [1.29, 1.82) is 0 Å². The lowest BCUT2D eigenvalue weighted by molar-refractivity contribution is 0.847. The molecule has 0 aliphatic heterocycles. The Morgan fingerprint density at radius 2 is 2.00 bits per heavy atom. The van der Waals surface area contributed by atoms with Crippen LogP contribution in [0.4, 0.5) is 0 Å². The maximum atomic E-state index is 4.54. The summed E-state index contributed by atoms with van der Waals surface area (Å²) in [4.78, 5) is 8.76. The third-order valence-electron chi connectivity index (χ3n) is 3.62. The standard InChI is InChI=1S/C17H14N4/c1-12-4-7-17-19-11-15(21(17)20-12)10-13-5-6-16-14(9-13)3-2-8-18-16/h2-9,11H,10H2,1H3. The van der Waals surface area contributed by atoms with Gasteiger partial charge in [0.05, 0.1) is 23.1 Å². The van der Waals surface area contributed by atoms with Gasteiger partial charge in [-0.05, 0) is 42.8 Å². The summed E-state index contributed by atoms with van der Waals surface area (Å²) < 4.78 is 1.92. The van der Waals surface area contributed by atoms with Crippen LogP contribution < -0.4 is 0 Å². The zero-order valence-corrected chi connectivity index (χ0v) is 11.7. The molecule has 0 aliphatic rings. The lowest BCUT2D eigenvalue weighted by atomic mass is 10.1. The number of hydrogen-bond donors (Lipinski definition) is 0. The molecule has 0 unspecified atom stereocenters. The summed E-state index contributed by atoms with van der Waals surface area (Å²) in [6.45, 7) is 1.99. The van der Waals surface area contributed by atoms with Crippen LogP contribution in [0.3, 0.4) is 0 Å². The molecule has 21 heavy (non-hydrogen) atoms. The molecule has 0 bridgehead atoms. The van der Waals surface area contributed by atoms with Crippen molar-refractivity contribution >= 4 is 16.6 Å². The molecule has 0 N–H and O–H groups in total. The minimum Gasteiger partial charge on any atom is -0.256 e. The van der Waals surface area contributed by atoms with Gasteiger partial charge in [-0.15, -0.1) is 0 Å². The van der Waals surface area contributed by atoms with Crippen molar-refractivity contribution in [3.05, 3.63) is 71.8 Å². The molecule has 1 aromatic carbocycles. The predicted molar refractivity (Wildman–Crippen MR) is 82.3 cm³/mol. The molecule has 3 heterocycles. The zero-order chi connectivity index (χ0) is 14.2. The number of rotatable bonds is 2. The second kappa shape index (κ2) is 4.66. The van der Waals surface area contributed by atoms with E-state index in [1.54, 1.807) is 0 Å². The topological polar surface area (TPSA) is 43.1 Å². The molecular formula is C17H14N4. The minimum atomic E-state index is 0.808. The number of aromatic nitrogens is 4. The monoisotopic (exact) mass is 274 g/mol. The fourth-order valence-electron chi connectivity index (χ4n) is 2.58. The number of benzene rings is 1. The van der Waals surface area contributed by atoms with Gasteiger partial charge in [0, 0.05) is 18.0 Å². The number of nitrogens with zero attached hydrogens (tertiary/aromatic N) is 4. The van der Waals surface area contributed by atoms with Gasteiger partial charge in [0.2, 0.25) is 0 Å². The maximum absolute atomic E-state index is 4.54. The molecule has 0 atom stereocenters.